The van der Waals surface area contributed by atoms with Crippen molar-refractivity contribution in [3.8, 4) is 11.8 Å². The van der Waals surface area contributed by atoms with Gasteiger partial charge in [0.2, 0.25) is 5.91 Å². The molecule has 1 amide bonds. The van der Waals surface area contributed by atoms with Crippen LogP contribution in [-0.4, -0.2) is 31.0 Å². The molecule has 1 aliphatic rings. The average Bonchev–Trinajstić information content (AvgIpc) is 3.19. The van der Waals surface area contributed by atoms with Gasteiger partial charge in [-0.05, 0) is 56.5 Å². The Bertz CT molecular complexity index is 836. The molecule has 0 saturated carbocycles. The molecule has 136 valence electrons. The number of hydrogen-bond donors (Lipinski definition) is 1. The summed E-state index contributed by atoms with van der Waals surface area (Å²) >= 11 is 1.47. The molecule has 0 bridgehead atoms. The van der Waals surface area contributed by atoms with Crippen LogP contribution in [0.2, 0.25) is 0 Å². The second kappa shape index (κ2) is 7.90. The predicted octanol–water partition coefficient (Wildman–Crippen LogP) is 4.02. The Morgan fingerprint density at radius 3 is 2.77 bits per heavy atom. The number of thiophene rings is 1. The van der Waals surface area contributed by atoms with Crippen LogP contribution < -0.4 is 10.1 Å². The monoisotopic (exact) mass is 369 g/mol. The molecule has 3 rings (SSSR count). The molecule has 1 saturated heterocycles. The summed E-state index contributed by atoms with van der Waals surface area (Å²) in [6.07, 6.45) is 2.12. The maximum atomic E-state index is 12.6. The van der Waals surface area contributed by atoms with Crippen LogP contribution >= 0.6 is 11.3 Å². The van der Waals surface area contributed by atoms with Crippen molar-refractivity contribution in [3.63, 3.8) is 0 Å². The van der Waals surface area contributed by atoms with Gasteiger partial charge in [0.05, 0.1) is 19.2 Å². The quantitative estimate of drug-likeness (QED) is 0.864. The van der Waals surface area contributed by atoms with Gasteiger partial charge in [0.25, 0.3) is 0 Å². The van der Waals surface area contributed by atoms with E-state index in [2.05, 4.69) is 28.4 Å². The van der Waals surface area contributed by atoms with Crippen molar-refractivity contribution >= 4 is 22.2 Å². The summed E-state index contributed by atoms with van der Waals surface area (Å²) in [5, 5.41) is 12.9. The van der Waals surface area contributed by atoms with E-state index in [4.69, 9.17) is 4.74 Å². The highest BCUT2D eigenvalue weighted by atomic mass is 32.1. The van der Waals surface area contributed by atoms with Gasteiger partial charge < -0.3 is 10.1 Å². The van der Waals surface area contributed by atoms with Gasteiger partial charge in [-0.1, -0.05) is 12.1 Å². The Labute approximate surface area is 158 Å². The molecule has 1 aromatic carbocycles. The number of amides is 1. The summed E-state index contributed by atoms with van der Waals surface area (Å²) in [5.74, 6) is 0.770. The summed E-state index contributed by atoms with van der Waals surface area (Å²) in [6, 6.07) is 10.5. The number of likely N-dealkylation sites (tertiary alicyclic amines) is 1. The van der Waals surface area contributed by atoms with E-state index in [1.54, 1.807) is 7.11 Å². The van der Waals surface area contributed by atoms with Gasteiger partial charge in [0.1, 0.15) is 16.8 Å². The van der Waals surface area contributed by atoms with Crippen LogP contribution in [0.1, 0.15) is 40.5 Å². The SMILES string of the molecule is COc1ccc(C2CCCN2CC(=O)Nc2sc(C)c(C)c2C#N)cc1. The van der Waals surface area contributed by atoms with Crippen molar-refractivity contribution in [2.75, 3.05) is 25.5 Å². The first-order valence-corrected chi connectivity index (χ1v) is 9.53. The molecule has 2 aromatic rings. The highest BCUT2D eigenvalue weighted by molar-refractivity contribution is 7.16. The topological polar surface area (TPSA) is 65.4 Å². The zero-order valence-electron chi connectivity index (χ0n) is 15.3. The number of methoxy groups -OCH3 is 1. The number of ether oxygens (including phenoxy) is 1. The number of hydrogen-bond acceptors (Lipinski definition) is 5. The number of anilines is 1. The molecular formula is C20H23N3O2S. The summed E-state index contributed by atoms with van der Waals surface area (Å²) in [5.41, 5.74) is 2.73. The van der Waals surface area contributed by atoms with Crippen LogP contribution in [0.15, 0.2) is 24.3 Å². The molecule has 0 aliphatic carbocycles. The van der Waals surface area contributed by atoms with Crippen LogP contribution in [0.3, 0.4) is 0 Å². The minimum absolute atomic E-state index is 0.0665. The summed E-state index contributed by atoms with van der Waals surface area (Å²) in [7, 11) is 1.66. The molecule has 1 aliphatic heterocycles. The second-order valence-corrected chi connectivity index (χ2v) is 7.77. The lowest BCUT2D eigenvalue weighted by Gasteiger charge is -2.24. The van der Waals surface area contributed by atoms with Gasteiger partial charge in [-0.3, -0.25) is 9.69 Å². The van der Waals surface area contributed by atoms with E-state index in [1.165, 1.54) is 16.9 Å². The van der Waals surface area contributed by atoms with E-state index in [-0.39, 0.29) is 11.9 Å². The molecule has 0 radical (unpaired) electrons. The molecular weight excluding hydrogens is 346 g/mol. The fraction of sp³-hybridized carbons (Fsp3) is 0.400. The van der Waals surface area contributed by atoms with Crippen LogP contribution in [-0.2, 0) is 4.79 Å². The molecule has 5 nitrogen and oxygen atoms in total. The molecule has 1 unspecified atom stereocenters. The average molecular weight is 369 g/mol. The molecule has 1 N–H and O–H groups in total. The first-order chi connectivity index (χ1) is 12.5. The maximum Gasteiger partial charge on any atom is 0.239 e. The highest BCUT2D eigenvalue weighted by Crippen LogP contribution is 2.34. The van der Waals surface area contributed by atoms with Gasteiger partial charge in [-0.2, -0.15) is 5.26 Å². The number of nitriles is 1. The van der Waals surface area contributed by atoms with E-state index in [9.17, 15) is 10.1 Å². The van der Waals surface area contributed by atoms with Crippen molar-refractivity contribution in [2.24, 2.45) is 0 Å². The Kier molecular flexibility index (Phi) is 5.60. The third kappa shape index (κ3) is 3.74. The van der Waals surface area contributed by atoms with Crippen molar-refractivity contribution in [2.45, 2.75) is 32.7 Å². The van der Waals surface area contributed by atoms with E-state index in [0.717, 1.165) is 35.6 Å². The van der Waals surface area contributed by atoms with Crippen molar-refractivity contribution in [1.29, 1.82) is 5.26 Å². The molecule has 2 heterocycles. The molecule has 0 spiro atoms. The van der Waals surface area contributed by atoms with Crippen molar-refractivity contribution in [3.05, 3.63) is 45.8 Å². The zero-order chi connectivity index (χ0) is 18.7. The first-order valence-electron chi connectivity index (χ1n) is 8.71. The van der Waals surface area contributed by atoms with Crippen LogP contribution in [0, 0.1) is 25.2 Å². The molecule has 1 atom stereocenters. The maximum absolute atomic E-state index is 12.6. The van der Waals surface area contributed by atoms with Gasteiger partial charge in [-0.25, -0.2) is 0 Å². The summed E-state index contributed by atoms with van der Waals surface area (Å²) in [4.78, 5) is 15.8. The lowest BCUT2D eigenvalue weighted by Crippen LogP contribution is -2.32. The number of benzene rings is 1. The number of nitrogens with zero attached hydrogens (tertiary/aromatic N) is 2. The van der Waals surface area contributed by atoms with Gasteiger partial charge >= 0.3 is 0 Å². The van der Waals surface area contributed by atoms with Gasteiger partial charge in [0.15, 0.2) is 0 Å². The van der Waals surface area contributed by atoms with E-state index in [0.29, 0.717) is 17.1 Å². The number of nitrogens with one attached hydrogen (secondary N) is 1. The number of carbonyl (C=O) groups is 1. The van der Waals surface area contributed by atoms with Gasteiger partial charge in [0, 0.05) is 10.9 Å². The third-order valence-corrected chi connectivity index (χ3v) is 6.08. The highest BCUT2D eigenvalue weighted by Gasteiger charge is 2.28. The van der Waals surface area contributed by atoms with Crippen LogP contribution in [0.5, 0.6) is 5.75 Å². The van der Waals surface area contributed by atoms with Crippen LogP contribution in [0.25, 0.3) is 0 Å². The number of rotatable bonds is 5. The fourth-order valence-electron chi connectivity index (χ4n) is 3.42. The smallest absolute Gasteiger partial charge is 0.239 e. The Hall–Kier alpha value is -2.36. The fourth-order valence-corrected chi connectivity index (χ4v) is 4.45. The normalized spacial score (nSPS) is 17.1. The number of aryl methyl sites for hydroxylation is 1. The molecule has 6 heteroatoms. The first kappa shape index (κ1) is 18.4. The Balaban J connectivity index is 1.68. The summed E-state index contributed by atoms with van der Waals surface area (Å²) < 4.78 is 5.22. The van der Waals surface area contributed by atoms with E-state index in [1.807, 2.05) is 26.0 Å². The van der Waals surface area contributed by atoms with Crippen molar-refractivity contribution < 1.29 is 9.53 Å². The standard InChI is InChI=1S/C20H23N3O2S/c1-13-14(2)26-20(17(13)11-21)22-19(24)12-23-10-4-5-18(23)15-6-8-16(25-3)9-7-15/h6-9,18H,4-5,10,12H2,1-3H3,(H,22,24). The molecule has 1 aromatic heterocycles. The Morgan fingerprint density at radius 2 is 2.12 bits per heavy atom. The summed E-state index contributed by atoms with van der Waals surface area (Å²) in [6.45, 7) is 5.12. The molecule has 1 fully saturated rings. The third-order valence-electron chi connectivity index (χ3n) is 4.96. The van der Waals surface area contributed by atoms with Gasteiger partial charge in [-0.15, -0.1) is 11.3 Å². The minimum atomic E-state index is -0.0665. The van der Waals surface area contributed by atoms with E-state index < -0.39 is 0 Å². The minimum Gasteiger partial charge on any atom is -0.497 e. The van der Waals surface area contributed by atoms with Crippen molar-refractivity contribution in [1.82, 2.24) is 4.90 Å². The lowest BCUT2D eigenvalue weighted by molar-refractivity contribution is -0.117. The second-order valence-electron chi connectivity index (χ2n) is 6.55. The lowest BCUT2D eigenvalue weighted by atomic mass is 10.0. The molecule has 26 heavy (non-hydrogen) atoms. The van der Waals surface area contributed by atoms with E-state index >= 15 is 0 Å². The predicted molar refractivity (Wildman–Crippen MR) is 104 cm³/mol. The Morgan fingerprint density at radius 1 is 1.38 bits per heavy atom. The largest absolute Gasteiger partial charge is 0.497 e. The zero-order valence-corrected chi connectivity index (χ0v) is 16.2. The van der Waals surface area contributed by atoms with Crippen LogP contribution in [0.4, 0.5) is 5.00 Å². The number of carbonyl (C=O) groups excluding carboxylic acids is 1.